The molecular formula is C5H10N2O2S. The van der Waals surface area contributed by atoms with Gasteiger partial charge in [-0.2, -0.15) is 0 Å². The predicted molar refractivity (Wildman–Crippen MR) is 37.1 cm³/mol. The van der Waals surface area contributed by atoms with Gasteiger partial charge in [-0.3, -0.25) is 0 Å². The Morgan fingerprint density at radius 1 is 1.20 bits per heavy atom. The zero-order valence-electron chi connectivity index (χ0n) is 5.50. The summed E-state index contributed by atoms with van der Waals surface area (Å²) in [6.45, 7) is 2.09. The molecule has 2 saturated heterocycles. The van der Waals surface area contributed by atoms with E-state index >= 15 is 0 Å². The van der Waals surface area contributed by atoms with Gasteiger partial charge in [0.15, 0.2) is 0 Å². The van der Waals surface area contributed by atoms with Crippen molar-refractivity contribution in [2.24, 2.45) is 5.92 Å². The molecule has 0 aromatic heterocycles. The first-order valence-electron chi connectivity index (χ1n) is 3.39. The summed E-state index contributed by atoms with van der Waals surface area (Å²) in [5.74, 6) is 0.310. The number of hydrogen-bond donors (Lipinski definition) is 2. The van der Waals surface area contributed by atoms with Crippen LogP contribution in [0.2, 0.25) is 0 Å². The molecule has 2 fully saturated rings. The van der Waals surface area contributed by atoms with Crippen LogP contribution in [-0.4, -0.2) is 33.3 Å². The molecule has 0 spiro atoms. The molecule has 0 aromatic carbocycles. The predicted octanol–water partition coefficient (Wildman–Crippen LogP) is -1.49. The number of rotatable bonds is 0. The lowest BCUT2D eigenvalue weighted by Gasteiger charge is -2.01. The van der Waals surface area contributed by atoms with Gasteiger partial charge in [0.05, 0.1) is 5.25 Å². The molecule has 2 rings (SSSR count). The van der Waals surface area contributed by atoms with E-state index in [-0.39, 0.29) is 5.25 Å². The standard InChI is InChI=1S/C5H10N2O2S/c8-10(9)5-3-6-1-4(5)2-7-10/h4-7H,1-3H2/t4-,5-/m0/s1. The zero-order valence-corrected chi connectivity index (χ0v) is 6.32. The van der Waals surface area contributed by atoms with Crippen molar-refractivity contribution in [1.82, 2.24) is 10.0 Å². The SMILES string of the molecule is O=S1(=O)NC[C@@H]2CNC[C@@H]21. The second-order valence-corrected chi connectivity index (χ2v) is 4.83. The van der Waals surface area contributed by atoms with Crippen LogP contribution in [0.5, 0.6) is 0 Å². The first-order valence-corrected chi connectivity index (χ1v) is 4.94. The number of hydrogen-bond acceptors (Lipinski definition) is 3. The molecule has 0 aromatic rings. The molecule has 2 heterocycles. The average molecular weight is 162 g/mol. The maximum absolute atomic E-state index is 11.1. The molecule has 2 aliphatic heterocycles. The average Bonchev–Trinajstić information content (AvgIpc) is 2.36. The van der Waals surface area contributed by atoms with E-state index in [0.717, 1.165) is 6.54 Å². The van der Waals surface area contributed by atoms with Crippen molar-refractivity contribution < 1.29 is 8.42 Å². The monoisotopic (exact) mass is 162 g/mol. The van der Waals surface area contributed by atoms with Gasteiger partial charge in [-0.25, -0.2) is 13.1 Å². The molecule has 5 heteroatoms. The third-order valence-electron chi connectivity index (χ3n) is 2.22. The van der Waals surface area contributed by atoms with E-state index in [0.29, 0.717) is 19.0 Å². The Bertz CT molecular complexity index is 236. The highest BCUT2D eigenvalue weighted by Gasteiger charge is 2.42. The quantitative estimate of drug-likeness (QED) is 0.456. The fourth-order valence-electron chi connectivity index (χ4n) is 1.61. The lowest BCUT2D eigenvalue weighted by atomic mass is 10.1. The lowest BCUT2D eigenvalue weighted by molar-refractivity contribution is 0.582. The number of sulfonamides is 1. The summed E-state index contributed by atoms with van der Waals surface area (Å²) < 4.78 is 24.7. The minimum atomic E-state index is -2.94. The second-order valence-electron chi connectivity index (χ2n) is 2.85. The zero-order chi connectivity index (χ0) is 7.19. The van der Waals surface area contributed by atoms with Gasteiger partial charge >= 0.3 is 0 Å². The first-order chi connectivity index (χ1) is 4.70. The lowest BCUT2D eigenvalue weighted by Crippen LogP contribution is -2.28. The molecule has 2 N–H and O–H groups in total. The van der Waals surface area contributed by atoms with Crippen LogP contribution in [0.3, 0.4) is 0 Å². The minimum Gasteiger partial charge on any atom is -0.315 e. The Morgan fingerprint density at radius 3 is 2.70 bits per heavy atom. The van der Waals surface area contributed by atoms with Crippen molar-refractivity contribution >= 4 is 10.0 Å². The summed E-state index contributed by atoms with van der Waals surface area (Å²) in [6, 6.07) is 0. The second kappa shape index (κ2) is 1.93. The Kier molecular flexibility index (Phi) is 1.27. The highest BCUT2D eigenvalue weighted by Crippen LogP contribution is 2.21. The molecule has 0 saturated carbocycles. The van der Waals surface area contributed by atoms with E-state index in [1.165, 1.54) is 0 Å². The van der Waals surface area contributed by atoms with Crippen molar-refractivity contribution in [1.29, 1.82) is 0 Å². The smallest absolute Gasteiger partial charge is 0.216 e. The molecule has 0 unspecified atom stereocenters. The summed E-state index contributed by atoms with van der Waals surface area (Å²) in [5, 5.41) is 2.90. The molecular weight excluding hydrogens is 152 g/mol. The highest BCUT2D eigenvalue weighted by atomic mass is 32.2. The highest BCUT2D eigenvalue weighted by molar-refractivity contribution is 7.90. The van der Waals surface area contributed by atoms with Crippen LogP contribution in [0.15, 0.2) is 0 Å². The van der Waals surface area contributed by atoms with Gasteiger partial charge in [0, 0.05) is 25.6 Å². The maximum Gasteiger partial charge on any atom is 0.216 e. The molecule has 4 nitrogen and oxygen atoms in total. The van der Waals surface area contributed by atoms with Crippen molar-refractivity contribution in [3.05, 3.63) is 0 Å². The first kappa shape index (κ1) is 6.57. The van der Waals surface area contributed by atoms with Gasteiger partial charge in [0.25, 0.3) is 0 Å². The van der Waals surface area contributed by atoms with E-state index < -0.39 is 10.0 Å². The third-order valence-corrected chi connectivity index (χ3v) is 4.14. The topological polar surface area (TPSA) is 58.2 Å². The Hall–Kier alpha value is -0.130. The summed E-state index contributed by atoms with van der Waals surface area (Å²) >= 11 is 0. The summed E-state index contributed by atoms with van der Waals surface area (Å²) in [6.07, 6.45) is 0. The largest absolute Gasteiger partial charge is 0.315 e. The summed E-state index contributed by atoms with van der Waals surface area (Å²) in [7, 11) is -2.94. The van der Waals surface area contributed by atoms with Gasteiger partial charge in [0.1, 0.15) is 0 Å². The molecule has 58 valence electrons. The van der Waals surface area contributed by atoms with Gasteiger partial charge in [-0.15, -0.1) is 0 Å². The maximum atomic E-state index is 11.1. The van der Waals surface area contributed by atoms with E-state index in [2.05, 4.69) is 10.0 Å². The fourth-order valence-corrected chi connectivity index (χ4v) is 3.30. The van der Waals surface area contributed by atoms with Crippen LogP contribution in [0.4, 0.5) is 0 Å². The molecule has 0 radical (unpaired) electrons. The van der Waals surface area contributed by atoms with Crippen molar-refractivity contribution in [3.63, 3.8) is 0 Å². The summed E-state index contributed by atoms with van der Waals surface area (Å²) in [5.41, 5.74) is 0. The van der Waals surface area contributed by atoms with Crippen LogP contribution in [0.1, 0.15) is 0 Å². The van der Waals surface area contributed by atoms with Crippen LogP contribution in [0.25, 0.3) is 0 Å². The van der Waals surface area contributed by atoms with Crippen LogP contribution in [-0.2, 0) is 10.0 Å². The molecule has 0 aliphatic carbocycles. The van der Waals surface area contributed by atoms with Crippen LogP contribution >= 0.6 is 0 Å². The Balaban J connectivity index is 2.32. The third kappa shape index (κ3) is 0.777. The van der Waals surface area contributed by atoms with Crippen molar-refractivity contribution in [2.75, 3.05) is 19.6 Å². The van der Waals surface area contributed by atoms with Crippen molar-refractivity contribution in [3.8, 4) is 0 Å². The Labute approximate surface area is 60.0 Å². The number of fused-ring (bicyclic) bond motifs is 1. The fraction of sp³-hybridized carbons (Fsp3) is 1.00. The van der Waals surface area contributed by atoms with Gasteiger partial charge in [-0.1, -0.05) is 0 Å². The van der Waals surface area contributed by atoms with Gasteiger partial charge < -0.3 is 5.32 Å². The summed E-state index contributed by atoms with van der Waals surface area (Å²) in [4.78, 5) is 0. The van der Waals surface area contributed by atoms with Crippen LogP contribution in [0, 0.1) is 5.92 Å². The van der Waals surface area contributed by atoms with Crippen LogP contribution < -0.4 is 10.0 Å². The molecule has 0 bridgehead atoms. The van der Waals surface area contributed by atoms with E-state index in [1.807, 2.05) is 0 Å². The minimum absolute atomic E-state index is 0.160. The van der Waals surface area contributed by atoms with E-state index in [9.17, 15) is 8.42 Å². The Morgan fingerprint density at radius 2 is 2.00 bits per heavy atom. The van der Waals surface area contributed by atoms with Gasteiger partial charge in [-0.05, 0) is 0 Å². The molecule has 2 aliphatic rings. The van der Waals surface area contributed by atoms with Crippen molar-refractivity contribution in [2.45, 2.75) is 5.25 Å². The van der Waals surface area contributed by atoms with E-state index in [1.54, 1.807) is 0 Å². The normalized spacial score (nSPS) is 43.6. The van der Waals surface area contributed by atoms with Gasteiger partial charge in [0.2, 0.25) is 10.0 Å². The number of nitrogens with one attached hydrogen (secondary N) is 2. The molecule has 10 heavy (non-hydrogen) atoms. The van der Waals surface area contributed by atoms with E-state index in [4.69, 9.17) is 0 Å². The molecule has 0 amide bonds. The molecule has 2 atom stereocenters.